The number of aromatic nitrogens is 1. The molecule has 2 heterocycles. The zero-order chi connectivity index (χ0) is 18.7. The van der Waals surface area contributed by atoms with Crippen LogP contribution >= 0.6 is 0 Å². The molecule has 1 aromatic carbocycles. The van der Waals surface area contributed by atoms with Gasteiger partial charge in [-0.15, -0.1) is 0 Å². The minimum atomic E-state index is -0.316. The number of anilines is 1. The average Bonchev–Trinajstić information content (AvgIpc) is 2.98. The molecule has 136 valence electrons. The monoisotopic (exact) mass is 351 g/mol. The van der Waals surface area contributed by atoms with Crippen molar-refractivity contribution >= 4 is 17.5 Å². The molecule has 1 N–H and O–H groups in total. The first-order valence-electron chi connectivity index (χ1n) is 9.02. The Bertz CT molecular complexity index is 802. The third kappa shape index (κ3) is 3.93. The number of nitrogens with one attached hydrogen (secondary N) is 1. The van der Waals surface area contributed by atoms with Gasteiger partial charge in [-0.2, -0.15) is 0 Å². The van der Waals surface area contributed by atoms with Gasteiger partial charge in [0.05, 0.1) is 5.92 Å². The predicted octanol–water partition coefficient (Wildman–Crippen LogP) is 3.50. The Balaban J connectivity index is 1.69. The highest BCUT2D eigenvalue weighted by atomic mass is 16.2. The summed E-state index contributed by atoms with van der Waals surface area (Å²) >= 11 is 0. The number of nitrogens with zero attached hydrogens (tertiary/aromatic N) is 2. The molecule has 0 spiro atoms. The summed E-state index contributed by atoms with van der Waals surface area (Å²) in [6, 6.07) is 9.83. The topological polar surface area (TPSA) is 62.3 Å². The van der Waals surface area contributed by atoms with Crippen molar-refractivity contribution in [1.82, 2.24) is 9.88 Å². The summed E-state index contributed by atoms with van der Waals surface area (Å²) in [6.07, 6.45) is 3.69. The van der Waals surface area contributed by atoms with Gasteiger partial charge >= 0.3 is 0 Å². The van der Waals surface area contributed by atoms with Crippen molar-refractivity contribution in [3.05, 3.63) is 59.4 Å². The van der Waals surface area contributed by atoms with E-state index in [2.05, 4.69) is 24.1 Å². The second-order valence-electron chi connectivity index (χ2n) is 7.21. The molecule has 0 saturated carbocycles. The molecule has 0 radical (unpaired) electrons. The highest BCUT2D eigenvalue weighted by Crippen LogP contribution is 2.29. The summed E-state index contributed by atoms with van der Waals surface area (Å²) < 4.78 is 0. The number of amides is 2. The predicted molar refractivity (Wildman–Crippen MR) is 102 cm³/mol. The molecular weight excluding hydrogens is 326 g/mol. The number of aryl methyl sites for hydroxylation is 1. The maximum absolute atomic E-state index is 12.8. The van der Waals surface area contributed by atoms with Gasteiger partial charge in [-0.25, -0.2) is 0 Å². The first-order chi connectivity index (χ1) is 12.5. The quantitative estimate of drug-likeness (QED) is 0.897. The number of hydrogen-bond donors (Lipinski definition) is 1. The highest BCUT2D eigenvalue weighted by molar-refractivity contribution is 5.98. The van der Waals surface area contributed by atoms with Gasteiger partial charge in [0.1, 0.15) is 0 Å². The fraction of sp³-hybridized carbons (Fsp3) is 0.381. The van der Waals surface area contributed by atoms with Gasteiger partial charge in [0.15, 0.2) is 0 Å². The summed E-state index contributed by atoms with van der Waals surface area (Å²) in [6.45, 7) is 7.19. The van der Waals surface area contributed by atoms with Crippen molar-refractivity contribution in [1.29, 1.82) is 0 Å². The van der Waals surface area contributed by atoms with Crippen LogP contribution < -0.4 is 5.32 Å². The minimum Gasteiger partial charge on any atom is -0.338 e. The smallest absolute Gasteiger partial charge is 0.229 e. The Hall–Kier alpha value is -2.69. The maximum Gasteiger partial charge on any atom is 0.229 e. The molecule has 2 amide bonds. The van der Waals surface area contributed by atoms with Gasteiger partial charge in [-0.3, -0.25) is 14.6 Å². The third-order valence-corrected chi connectivity index (χ3v) is 4.88. The Morgan fingerprint density at radius 1 is 1.27 bits per heavy atom. The zero-order valence-corrected chi connectivity index (χ0v) is 15.5. The van der Waals surface area contributed by atoms with E-state index in [0.29, 0.717) is 19.0 Å². The van der Waals surface area contributed by atoms with E-state index in [1.54, 1.807) is 17.3 Å². The number of para-hydroxylation sites is 1. The van der Waals surface area contributed by atoms with E-state index in [-0.39, 0.29) is 24.2 Å². The van der Waals surface area contributed by atoms with E-state index in [0.717, 1.165) is 22.4 Å². The molecule has 2 aromatic rings. The maximum atomic E-state index is 12.8. The number of carbonyl (C=O) groups is 2. The normalized spacial score (nSPS) is 17.0. The number of likely N-dealkylation sites (tertiary alicyclic amines) is 1. The molecule has 5 heteroatoms. The molecule has 1 fully saturated rings. The molecule has 1 atom stereocenters. The second-order valence-corrected chi connectivity index (χ2v) is 7.21. The lowest BCUT2D eigenvalue weighted by Crippen LogP contribution is -2.28. The molecule has 1 aromatic heterocycles. The van der Waals surface area contributed by atoms with Crippen LogP contribution in [0.2, 0.25) is 0 Å². The van der Waals surface area contributed by atoms with E-state index < -0.39 is 0 Å². The number of rotatable bonds is 5. The molecule has 1 saturated heterocycles. The van der Waals surface area contributed by atoms with Crippen LogP contribution in [0.5, 0.6) is 0 Å². The van der Waals surface area contributed by atoms with Gasteiger partial charge < -0.3 is 10.2 Å². The van der Waals surface area contributed by atoms with Gasteiger partial charge in [-0.05, 0) is 41.7 Å². The van der Waals surface area contributed by atoms with Gasteiger partial charge in [0.2, 0.25) is 11.8 Å². The number of benzene rings is 1. The lowest BCUT2D eigenvalue weighted by Gasteiger charge is -2.19. The van der Waals surface area contributed by atoms with E-state index in [1.165, 1.54) is 0 Å². The standard InChI is InChI=1S/C21H25N3O2/c1-14(2)18-6-4-5-15(3)20(18)23-21(26)17-11-19(25)24(13-17)12-16-7-9-22-10-8-16/h4-10,14,17H,11-13H2,1-3H3,(H,23,26). The van der Waals surface area contributed by atoms with E-state index in [4.69, 9.17) is 0 Å². The summed E-state index contributed by atoms with van der Waals surface area (Å²) in [5.41, 5.74) is 4.07. The number of hydrogen-bond acceptors (Lipinski definition) is 3. The number of pyridine rings is 1. The van der Waals surface area contributed by atoms with Gasteiger partial charge in [0, 0.05) is 37.6 Å². The molecule has 1 unspecified atom stereocenters. The molecule has 1 aliphatic heterocycles. The molecule has 1 aliphatic rings. The first-order valence-corrected chi connectivity index (χ1v) is 9.02. The van der Waals surface area contributed by atoms with Crippen molar-refractivity contribution in [2.24, 2.45) is 5.92 Å². The summed E-state index contributed by atoms with van der Waals surface area (Å²) in [4.78, 5) is 30.8. The summed E-state index contributed by atoms with van der Waals surface area (Å²) in [7, 11) is 0. The van der Waals surface area contributed by atoms with Crippen LogP contribution in [0.25, 0.3) is 0 Å². The van der Waals surface area contributed by atoms with Crippen LogP contribution in [0.1, 0.15) is 42.9 Å². The fourth-order valence-corrected chi connectivity index (χ4v) is 3.38. The van der Waals surface area contributed by atoms with Crippen molar-refractivity contribution in [3.63, 3.8) is 0 Å². The SMILES string of the molecule is Cc1cccc(C(C)C)c1NC(=O)C1CC(=O)N(Cc2ccncc2)C1. The van der Waals surface area contributed by atoms with Crippen LogP contribution in [0.4, 0.5) is 5.69 Å². The lowest BCUT2D eigenvalue weighted by atomic mass is 9.97. The molecule has 0 bridgehead atoms. The van der Waals surface area contributed by atoms with Crippen molar-refractivity contribution < 1.29 is 9.59 Å². The van der Waals surface area contributed by atoms with Crippen LogP contribution in [-0.4, -0.2) is 28.2 Å². The fourth-order valence-electron chi connectivity index (χ4n) is 3.38. The molecule has 0 aliphatic carbocycles. The van der Waals surface area contributed by atoms with Gasteiger partial charge in [-0.1, -0.05) is 32.0 Å². The Kier molecular flexibility index (Phi) is 5.35. The zero-order valence-electron chi connectivity index (χ0n) is 15.5. The van der Waals surface area contributed by atoms with Crippen molar-refractivity contribution in [2.75, 3.05) is 11.9 Å². The molecule has 5 nitrogen and oxygen atoms in total. The molecule has 26 heavy (non-hydrogen) atoms. The Morgan fingerprint density at radius 2 is 2.00 bits per heavy atom. The lowest BCUT2D eigenvalue weighted by molar-refractivity contribution is -0.128. The van der Waals surface area contributed by atoms with Crippen molar-refractivity contribution in [2.45, 2.75) is 39.7 Å². The van der Waals surface area contributed by atoms with E-state index in [9.17, 15) is 9.59 Å². The third-order valence-electron chi connectivity index (χ3n) is 4.88. The van der Waals surface area contributed by atoms with E-state index in [1.807, 2.05) is 37.3 Å². The van der Waals surface area contributed by atoms with Crippen LogP contribution in [-0.2, 0) is 16.1 Å². The largest absolute Gasteiger partial charge is 0.338 e. The summed E-state index contributed by atoms with van der Waals surface area (Å²) in [5, 5.41) is 3.08. The van der Waals surface area contributed by atoms with Crippen LogP contribution in [0, 0.1) is 12.8 Å². The molecular formula is C21H25N3O2. The summed E-state index contributed by atoms with van der Waals surface area (Å²) in [5.74, 6) is -0.0508. The van der Waals surface area contributed by atoms with Crippen LogP contribution in [0.3, 0.4) is 0 Å². The van der Waals surface area contributed by atoms with Crippen LogP contribution in [0.15, 0.2) is 42.7 Å². The Labute approximate surface area is 154 Å². The second kappa shape index (κ2) is 7.68. The van der Waals surface area contributed by atoms with E-state index >= 15 is 0 Å². The first kappa shape index (κ1) is 18.1. The van der Waals surface area contributed by atoms with Gasteiger partial charge in [0.25, 0.3) is 0 Å². The number of carbonyl (C=O) groups excluding carboxylic acids is 2. The van der Waals surface area contributed by atoms with Crippen molar-refractivity contribution in [3.8, 4) is 0 Å². The molecule has 3 rings (SSSR count). The average molecular weight is 351 g/mol. The Morgan fingerprint density at radius 3 is 2.69 bits per heavy atom. The minimum absolute atomic E-state index is 0.0239. The highest BCUT2D eigenvalue weighted by Gasteiger charge is 2.34.